The summed E-state index contributed by atoms with van der Waals surface area (Å²) >= 11 is 0. The van der Waals surface area contributed by atoms with Crippen molar-refractivity contribution in [3.63, 3.8) is 0 Å². The molecule has 0 aliphatic carbocycles. The molecule has 0 saturated carbocycles. The van der Waals surface area contributed by atoms with Crippen molar-refractivity contribution in [3.05, 3.63) is 6.92 Å². The van der Waals surface area contributed by atoms with E-state index in [1.807, 2.05) is 6.92 Å². The minimum absolute atomic E-state index is 0. The summed E-state index contributed by atoms with van der Waals surface area (Å²) in [7, 11) is 0. The molecule has 1 N–H and O–H groups in total. The van der Waals surface area contributed by atoms with Gasteiger partial charge < -0.3 is 12.4 Å². The third kappa shape index (κ3) is 73.5. The average Bonchev–Trinajstić information content (AvgIpc) is 0.918. The molecule has 0 rings (SSSR count). The summed E-state index contributed by atoms with van der Waals surface area (Å²) in [5.74, 6) is 0. The van der Waals surface area contributed by atoms with Gasteiger partial charge in [-0.1, -0.05) is 6.92 Å². The molecule has 0 spiro atoms. The molecule has 0 aliphatic heterocycles. The van der Waals surface area contributed by atoms with Crippen LogP contribution in [-0.4, -0.2) is 5.48 Å². The molecule has 0 aromatic carbocycles. The molecule has 1 nitrogen and oxygen atoms in total. The molecule has 0 atom stereocenters. The van der Waals surface area contributed by atoms with Crippen molar-refractivity contribution in [3.8, 4) is 0 Å². The Bertz CT molecular complexity index is 6.85. The van der Waals surface area contributed by atoms with E-state index < -0.39 is 0 Å². The third-order valence-electron chi connectivity index (χ3n) is 0. The number of rotatable bonds is 0. The van der Waals surface area contributed by atoms with Crippen LogP contribution in [0.1, 0.15) is 13.3 Å². The molecule has 0 amide bonds. The van der Waals surface area contributed by atoms with Crippen LogP contribution in [-0.2, 0) is 21.7 Å². The SMILES string of the molecule is [CH2-]CC.[OH-].[Ti]. The first-order valence-electron chi connectivity index (χ1n) is 1.21. The average molecular weight is 108 g/mol. The number of hydrogen-bond donors (Lipinski definition) is 0. The topological polar surface area (TPSA) is 30.0 Å². The van der Waals surface area contributed by atoms with Gasteiger partial charge in [0.15, 0.2) is 0 Å². The summed E-state index contributed by atoms with van der Waals surface area (Å²) < 4.78 is 0. The maximum atomic E-state index is 3.49. The molecule has 0 aromatic heterocycles. The van der Waals surface area contributed by atoms with Crippen molar-refractivity contribution in [2.45, 2.75) is 13.3 Å². The Morgan fingerprint density at radius 3 is 1.60 bits per heavy atom. The third-order valence-corrected chi connectivity index (χ3v) is 0. The molecule has 2 heteroatoms. The van der Waals surface area contributed by atoms with Gasteiger partial charge in [-0.3, -0.25) is 0 Å². The molecule has 0 fully saturated rings. The second-order valence-electron chi connectivity index (χ2n) is 0.500. The van der Waals surface area contributed by atoms with Gasteiger partial charge in [0, 0.05) is 21.7 Å². The quantitative estimate of drug-likeness (QED) is 0.337. The largest absolute Gasteiger partial charge is 0.870 e. The Hall–Kier alpha value is 0.674. The molecule has 5 heavy (non-hydrogen) atoms. The summed E-state index contributed by atoms with van der Waals surface area (Å²) in [5.41, 5.74) is 0. The Labute approximate surface area is 48.0 Å². The second-order valence-corrected chi connectivity index (χ2v) is 0.500. The van der Waals surface area contributed by atoms with Crippen LogP contribution < -0.4 is 0 Å². The van der Waals surface area contributed by atoms with Gasteiger partial charge in [-0.05, 0) is 0 Å². The smallest absolute Gasteiger partial charge is 0 e. The van der Waals surface area contributed by atoms with Gasteiger partial charge in [-0.15, -0.1) is 0 Å². The molecule has 0 aromatic rings. The fourth-order valence-electron chi connectivity index (χ4n) is 0. The molecule has 0 heterocycles. The molecule has 0 bridgehead atoms. The van der Waals surface area contributed by atoms with E-state index in [1.54, 1.807) is 0 Å². The van der Waals surface area contributed by atoms with Crippen LogP contribution in [0.3, 0.4) is 0 Å². The summed E-state index contributed by atoms with van der Waals surface area (Å²) in [6.45, 7) is 5.50. The van der Waals surface area contributed by atoms with Gasteiger partial charge in [0.25, 0.3) is 0 Å². The zero-order chi connectivity index (χ0) is 2.71. The zero-order valence-electron chi connectivity index (χ0n) is 3.36. The van der Waals surface area contributed by atoms with Crippen LogP contribution in [0.2, 0.25) is 0 Å². The van der Waals surface area contributed by atoms with E-state index in [1.165, 1.54) is 0 Å². The van der Waals surface area contributed by atoms with Crippen LogP contribution in [0, 0.1) is 6.92 Å². The van der Waals surface area contributed by atoms with Gasteiger partial charge in [-0.2, -0.15) is 6.42 Å². The monoisotopic (exact) mass is 108 g/mol. The molecular weight excluding hydrogens is 99.9 g/mol. The van der Waals surface area contributed by atoms with Crippen LogP contribution in [0.5, 0.6) is 0 Å². The minimum atomic E-state index is 0. The maximum Gasteiger partial charge on any atom is 0 e. The van der Waals surface area contributed by atoms with Crippen molar-refractivity contribution < 1.29 is 27.2 Å². The van der Waals surface area contributed by atoms with Gasteiger partial charge in [0.05, 0.1) is 0 Å². The van der Waals surface area contributed by atoms with Gasteiger partial charge >= 0.3 is 0 Å². The Kier molecular flexibility index (Phi) is 78.0. The van der Waals surface area contributed by atoms with Gasteiger partial charge in [-0.25, -0.2) is 0 Å². The zero-order valence-corrected chi connectivity index (χ0v) is 4.92. The van der Waals surface area contributed by atoms with E-state index in [2.05, 4.69) is 6.92 Å². The molecule has 0 saturated heterocycles. The van der Waals surface area contributed by atoms with E-state index in [0.717, 1.165) is 6.42 Å². The summed E-state index contributed by atoms with van der Waals surface area (Å²) in [6.07, 6.45) is 1.00. The van der Waals surface area contributed by atoms with Crippen molar-refractivity contribution in [2.24, 2.45) is 0 Å². The maximum absolute atomic E-state index is 3.49. The van der Waals surface area contributed by atoms with Crippen LogP contribution in [0.15, 0.2) is 0 Å². The fourth-order valence-corrected chi connectivity index (χ4v) is 0. The molecule has 0 radical (unpaired) electrons. The van der Waals surface area contributed by atoms with Gasteiger partial charge in [0.1, 0.15) is 0 Å². The van der Waals surface area contributed by atoms with Crippen molar-refractivity contribution >= 4 is 0 Å². The van der Waals surface area contributed by atoms with Crippen LogP contribution >= 0.6 is 0 Å². The van der Waals surface area contributed by atoms with Crippen molar-refractivity contribution in [1.29, 1.82) is 0 Å². The first kappa shape index (κ1) is 17.3. The van der Waals surface area contributed by atoms with Crippen molar-refractivity contribution in [1.82, 2.24) is 0 Å². The first-order chi connectivity index (χ1) is 1.41. The first-order valence-corrected chi connectivity index (χ1v) is 1.21. The predicted octanol–water partition coefficient (Wildman–Crippen LogP) is 1.05. The fraction of sp³-hybridized carbons (Fsp3) is 0.667. The number of hydrogen-bond acceptors (Lipinski definition) is 1. The second kappa shape index (κ2) is 22.5. The molecule has 0 aliphatic rings. The van der Waals surface area contributed by atoms with Crippen LogP contribution in [0.25, 0.3) is 0 Å². The minimum Gasteiger partial charge on any atom is -0.870 e. The Morgan fingerprint density at radius 2 is 1.60 bits per heavy atom. The Morgan fingerprint density at radius 1 is 1.60 bits per heavy atom. The summed E-state index contributed by atoms with van der Waals surface area (Å²) in [5, 5.41) is 0. The van der Waals surface area contributed by atoms with E-state index in [-0.39, 0.29) is 27.2 Å². The van der Waals surface area contributed by atoms with Crippen molar-refractivity contribution in [2.75, 3.05) is 0 Å². The predicted molar refractivity (Wildman–Crippen MR) is 17.6 cm³/mol. The molecule has 32 valence electrons. The van der Waals surface area contributed by atoms with E-state index in [9.17, 15) is 0 Å². The standard InChI is InChI=1S/C3H7.H2O.Ti/c1-3-2;;/h1,3H2,2H3;1H2;/q-1;;/p-1. The summed E-state index contributed by atoms with van der Waals surface area (Å²) in [4.78, 5) is 0. The van der Waals surface area contributed by atoms with E-state index >= 15 is 0 Å². The Balaban J connectivity index is -0.0000000200. The molecule has 0 unspecified atom stereocenters. The summed E-state index contributed by atoms with van der Waals surface area (Å²) in [6, 6.07) is 0. The molecular formula is C3H8OTi-2. The van der Waals surface area contributed by atoms with E-state index in [4.69, 9.17) is 0 Å². The van der Waals surface area contributed by atoms with E-state index in [0.29, 0.717) is 0 Å². The normalized spacial score (nSPS) is 3.60. The van der Waals surface area contributed by atoms with Crippen LogP contribution in [0.4, 0.5) is 0 Å². The van der Waals surface area contributed by atoms with Gasteiger partial charge in [0.2, 0.25) is 0 Å².